The first kappa shape index (κ1) is 32.0. The fourth-order valence-electron chi connectivity index (χ4n) is 8.60. The second-order valence-electron chi connectivity index (χ2n) is 14.4. The maximum atomic E-state index is 13.9. The minimum atomic E-state index is -0.143. The van der Waals surface area contributed by atoms with Gasteiger partial charge in [-0.25, -0.2) is 0 Å². The number of para-hydroxylation sites is 1. The summed E-state index contributed by atoms with van der Waals surface area (Å²) in [6.07, 6.45) is 5.36. The van der Waals surface area contributed by atoms with Crippen LogP contribution in [-0.2, 0) is 32.5 Å². The van der Waals surface area contributed by atoms with Crippen molar-refractivity contribution >= 4 is 35.0 Å². The minimum absolute atomic E-state index is 0.0617. The molecule has 52 heavy (non-hydrogen) atoms. The van der Waals surface area contributed by atoms with Crippen molar-refractivity contribution in [2.24, 2.45) is 10.9 Å². The Kier molecular flexibility index (Phi) is 7.83. The van der Waals surface area contributed by atoms with Gasteiger partial charge in [-0.3, -0.25) is 19.5 Å². The molecule has 9 rings (SSSR count). The molecule has 260 valence electrons. The maximum Gasteiger partial charge on any atom is 0.261 e. The number of Topliss-reactive ketones (excluding diaryl/α,β-unsaturated/α-hetero) is 1. The van der Waals surface area contributed by atoms with Crippen LogP contribution in [0.1, 0.15) is 72.0 Å². The number of carbonyl (C=O) groups is 2. The third-order valence-corrected chi connectivity index (χ3v) is 11.1. The summed E-state index contributed by atoms with van der Waals surface area (Å²) < 4.78 is 18.4. The van der Waals surface area contributed by atoms with Gasteiger partial charge in [-0.2, -0.15) is 0 Å². The predicted molar refractivity (Wildman–Crippen MR) is 202 cm³/mol. The average Bonchev–Trinajstić information content (AvgIpc) is 3.64. The van der Waals surface area contributed by atoms with Crippen LogP contribution in [0.2, 0.25) is 0 Å². The minimum Gasteiger partial charge on any atom is -0.493 e. The number of ketones is 1. The van der Waals surface area contributed by atoms with Gasteiger partial charge in [0.25, 0.3) is 5.91 Å². The second-order valence-corrected chi connectivity index (χ2v) is 14.4. The Labute approximate surface area is 302 Å². The number of fused-ring (bicyclic) bond motifs is 8. The molecule has 5 aromatic carbocycles. The molecule has 0 aromatic heterocycles. The Morgan fingerprint density at radius 2 is 1.54 bits per heavy atom. The van der Waals surface area contributed by atoms with Gasteiger partial charge in [-0.05, 0) is 114 Å². The highest BCUT2D eigenvalue weighted by atomic mass is 16.5. The first-order valence-electron chi connectivity index (χ1n) is 17.9. The summed E-state index contributed by atoms with van der Waals surface area (Å²) in [6.45, 7) is 2.53. The van der Waals surface area contributed by atoms with Crippen molar-refractivity contribution in [1.29, 1.82) is 0 Å². The number of amides is 1. The van der Waals surface area contributed by atoms with Crippen LogP contribution in [0, 0.1) is 12.8 Å². The van der Waals surface area contributed by atoms with Gasteiger partial charge in [0.2, 0.25) is 0 Å². The molecule has 2 aliphatic heterocycles. The summed E-state index contributed by atoms with van der Waals surface area (Å²) >= 11 is 0. The van der Waals surface area contributed by atoms with E-state index >= 15 is 0 Å². The van der Waals surface area contributed by atoms with Crippen LogP contribution in [0.5, 0.6) is 17.2 Å². The molecule has 0 saturated heterocycles. The molecule has 2 N–H and O–H groups in total. The molecular weight excluding hydrogens is 651 g/mol. The molecule has 0 radical (unpaired) electrons. The van der Waals surface area contributed by atoms with Gasteiger partial charge in [-0.15, -0.1) is 0 Å². The fourth-order valence-corrected chi connectivity index (χ4v) is 8.60. The number of nitrogen functional groups attached to an aromatic ring is 1. The number of rotatable bonds is 7. The van der Waals surface area contributed by atoms with Crippen molar-refractivity contribution < 1.29 is 23.8 Å². The van der Waals surface area contributed by atoms with Crippen molar-refractivity contribution in [3.8, 4) is 17.2 Å². The lowest BCUT2D eigenvalue weighted by molar-refractivity contribution is 0.0937. The lowest BCUT2D eigenvalue weighted by Gasteiger charge is -2.22. The molecule has 0 spiro atoms. The summed E-state index contributed by atoms with van der Waals surface area (Å²) in [7, 11) is 1.56. The van der Waals surface area contributed by atoms with E-state index in [1.807, 2.05) is 66.6 Å². The van der Waals surface area contributed by atoms with E-state index in [2.05, 4.69) is 30.3 Å². The molecule has 8 heteroatoms. The molecule has 0 saturated carbocycles. The van der Waals surface area contributed by atoms with Gasteiger partial charge in [0, 0.05) is 35.6 Å². The maximum absolute atomic E-state index is 13.9. The quantitative estimate of drug-likeness (QED) is 0.173. The van der Waals surface area contributed by atoms with E-state index < -0.39 is 0 Å². The molecule has 8 nitrogen and oxygen atoms in total. The number of hydrogen-bond acceptors (Lipinski definition) is 7. The zero-order chi connectivity index (χ0) is 35.5. The lowest BCUT2D eigenvalue weighted by Crippen LogP contribution is -2.37. The van der Waals surface area contributed by atoms with Gasteiger partial charge in [0.15, 0.2) is 17.3 Å². The number of aliphatic imine (C=N–C) groups is 1. The smallest absolute Gasteiger partial charge is 0.261 e. The summed E-state index contributed by atoms with van der Waals surface area (Å²) in [5, 5.41) is 0. The van der Waals surface area contributed by atoms with Crippen LogP contribution >= 0.6 is 0 Å². The average molecular weight is 690 g/mol. The summed E-state index contributed by atoms with van der Waals surface area (Å²) in [5.41, 5.74) is 17.1. The second kappa shape index (κ2) is 12.7. The monoisotopic (exact) mass is 689 g/mol. The Hall–Kier alpha value is -5.89. The number of nitrogens with two attached hydrogens (primary N) is 1. The van der Waals surface area contributed by atoms with Gasteiger partial charge < -0.3 is 19.9 Å². The molecule has 2 aliphatic carbocycles. The number of methoxy groups -OCH3 is 1. The van der Waals surface area contributed by atoms with E-state index in [0.29, 0.717) is 41.0 Å². The predicted octanol–water partition coefficient (Wildman–Crippen LogP) is 8.12. The van der Waals surface area contributed by atoms with Crippen molar-refractivity contribution in [3.05, 3.63) is 141 Å². The summed E-state index contributed by atoms with van der Waals surface area (Å²) in [4.78, 5) is 34.2. The molecule has 4 aliphatic rings. The first-order chi connectivity index (χ1) is 25.3. The molecule has 2 heterocycles. The Morgan fingerprint density at radius 3 is 2.35 bits per heavy atom. The van der Waals surface area contributed by atoms with Crippen LogP contribution in [0.25, 0.3) is 0 Å². The Balaban J connectivity index is 0.909. The third-order valence-electron chi connectivity index (χ3n) is 11.1. The lowest BCUT2D eigenvalue weighted by atomic mass is 9.86. The highest BCUT2D eigenvalue weighted by Gasteiger charge is 2.40. The Morgan fingerprint density at radius 1 is 0.788 bits per heavy atom. The largest absolute Gasteiger partial charge is 0.493 e. The van der Waals surface area contributed by atoms with Crippen molar-refractivity contribution in [3.63, 3.8) is 0 Å². The van der Waals surface area contributed by atoms with E-state index in [1.165, 1.54) is 11.1 Å². The molecular formula is C44H39N3O5. The molecule has 1 amide bonds. The molecule has 0 fully saturated rings. The third kappa shape index (κ3) is 5.50. The van der Waals surface area contributed by atoms with Gasteiger partial charge in [0.05, 0.1) is 30.3 Å². The normalized spacial score (nSPS) is 19.4. The van der Waals surface area contributed by atoms with E-state index in [4.69, 9.17) is 24.9 Å². The molecule has 5 aromatic rings. The van der Waals surface area contributed by atoms with E-state index in [1.54, 1.807) is 19.2 Å². The topological polar surface area (TPSA) is 103 Å². The standard InChI is InChI=1S/C44H39N3O5/c1-25-13-35-29(11-12-31-17-28-7-3-5-9-34(28)42(31)43(35)48)19-39(25)51-23-26-14-27(16-32(45)15-26)24-52-41-21-37-36(20-40(41)50-2)44(49)47-33(22-46-37)18-30-8-4-6-10-38(30)47/h3-10,13-16,19-22,31,33,42H,11-12,17-18,23-24,45H2,1-2H3/t31-,33+,42?/m1/s1. The summed E-state index contributed by atoms with van der Waals surface area (Å²) in [5.74, 6) is 2.10. The highest BCUT2D eigenvalue weighted by molar-refractivity contribution is 6.14. The number of benzene rings is 5. The zero-order valence-corrected chi connectivity index (χ0v) is 29.2. The van der Waals surface area contributed by atoms with Gasteiger partial charge in [-0.1, -0.05) is 42.5 Å². The SMILES string of the molecule is COc1cc2c(cc1OCc1cc(N)cc(COc3cc4c(cc3C)C(=O)C3c5ccccc5C[C@H]3CC4)c1)N=C[C@@H]1Cc3ccccc3N1C2=O. The van der Waals surface area contributed by atoms with Crippen molar-refractivity contribution in [2.75, 3.05) is 17.7 Å². The van der Waals surface area contributed by atoms with Crippen LogP contribution in [-0.4, -0.2) is 31.1 Å². The zero-order valence-electron chi connectivity index (χ0n) is 29.2. The molecule has 0 bridgehead atoms. The molecule has 1 unspecified atom stereocenters. The van der Waals surface area contributed by atoms with E-state index in [-0.39, 0.29) is 30.3 Å². The summed E-state index contributed by atoms with van der Waals surface area (Å²) in [6, 6.07) is 29.6. The number of ether oxygens (including phenoxy) is 3. The number of nitrogens with zero attached hydrogens (tertiary/aromatic N) is 2. The van der Waals surface area contributed by atoms with Crippen LogP contribution in [0.4, 0.5) is 17.1 Å². The van der Waals surface area contributed by atoms with Crippen LogP contribution < -0.4 is 24.8 Å². The van der Waals surface area contributed by atoms with Crippen LogP contribution in [0.15, 0.2) is 96.0 Å². The van der Waals surface area contributed by atoms with Crippen LogP contribution in [0.3, 0.4) is 0 Å². The number of anilines is 2. The van der Waals surface area contributed by atoms with Crippen molar-refractivity contribution in [1.82, 2.24) is 0 Å². The number of hydrogen-bond donors (Lipinski definition) is 1. The van der Waals surface area contributed by atoms with Crippen molar-refractivity contribution in [2.45, 2.75) is 57.8 Å². The fraction of sp³-hybridized carbons (Fsp3) is 0.250. The number of aryl methyl sites for hydroxylation is 2. The Bertz CT molecular complexity index is 2310. The van der Waals surface area contributed by atoms with E-state index in [0.717, 1.165) is 70.5 Å². The molecule has 3 atom stereocenters. The first-order valence-corrected chi connectivity index (χ1v) is 17.9. The van der Waals surface area contributed by atoms with Gasteiger partial charge in [0.1, 0.15) is 19.0 Å². The highest BCUT2D eigenvalue weighted by Crippen LogP contribution is 2.46. The number of carbonyl (C=O) groups excluding carboxylic acids is 2. The van der Waals surface area contributed by atoms with E-state index in [9.17, 15) is 9.59 Å². The van der Waals surface area contributed by atoms with Gasteiger partial charge >= 0.3 is 0 Å².